The number of rotatable bonds is 2. The molecule has 1 fully saturated rings. The Morgan fingerprint density at radius 2 is 2.46 bits per heavy atom. The van der Waals surface area contributed by atoms with Gasteiger partial charge in [-0.15, -0.1) is 0 Å². The molecule has 2 bridgehead atoms. The van der Waals surface area contributed by atoms with Gasteiger partial charge in [0.1, 0.15) is 0 Å². The van der Waals surface area contributed by atoms with Crippen LogP contribution in [0.25, 0.3) is 0 Å². The van der Waals surface area contributed by atoms with Gasteiger partial charge in [-0.1, -0.05) is 12.2 Å². The van der Waals surface area contributed by atoms with Gasteiger partial charge in [0.05, 0.1) is 12.7 Å². The highest BCUT2D eigenvalue weighted by Gasteiger charge is 2.52. The zero-order valence-electron chi connectivity index (χ0n) is 7.95. The first-order valence-electron chi connectivity index (χ1n) is 4.70. The van der Waals surface area contributed by atoms with Crippen molar-refractivity contribution in [2.45, 2.75) is 32.0 Å². The van der Waals surface area contributed by atoms with Crippen molar-refractivity contribution in [2.24, 2.45) is 5.92 Å². The van der Waals surface area contributed by atoms with Crippen molar-refractivity contribution in [2.75, 3.05) is 6.61 Å². The summed E-state index contributed by atoms with van der Waals surface area (Å²) in [4.78, 5) is 11.6. The van der Waals surface area contributed by atoms with E-state index in [1.807, 2.05) is 19.9 Å². The third-order valence-corrected chi connectivity index (χ3v) is 2.83. The predicted octanol–water partition coefficient (Wildman–Crippen LogP) is 1.28. The summed E-state index contributed by atoms with van der Waals surface area (Å²) in [6.07, 6.45) is 5.13. The summed E-state index contributed by atoms with van der Waals surface area (Å²) in [6, 6.07) is 0. The van der Waals surface area contributed by atoms with Crippen LogP contribution in [0.15, 0.2) is 12.2 Å². The van der Waals surface area contributed by atoms with Gasteiger partial charge in [0, 0.05) is 5.92 Å². The van der Waals surface area contributed by atoms with Crippen molar-refractivity contribution in [3.8, 4) is 0 Å². The van der Waals surface area contributed by atoms with Crippen molar-refractivity contribution >= 4 is 5.97 Å². The first kappa shape index (κ1) is 8.75. The monoisotopic (exact) mass is 182 g/mol. The molecule has 3 unspecified atom stereocenters. The Balaban J connectivity index is 2.13. The summed E-state index contributed by atoms with van der Waals surface area (Å²) >= 11 is 0. The quantitative estimate of drug-likeness (QED) is 0.476. The van der Waals surface area contributed by atoms with E-state index < -0.39 is 5.60 Å². The minimum absolute atomic E-state index is 0.124. The van der Waals surface area contributed by atoms with Crippen molar-refractivity contribution in [1.82, 2.24) is 0 Å². The SMILES string of the molecule is CCOC(=O)C1(C)OC2C=CC1C2. The van der Waals surface area contributed by atoms with Gasteiger partial charge in [0.25, 0.3) is 0 Å². The van der Waals surface area contributed by atoms with E-state index in [0.29, 0.717) is 6.61 Å². The van der Waals surface area contributed by atoms with Crippen LogP contribution in [-0.2, 0) is 14.3 Å². The summed E-state index contributed by atoms with van der Waals surface area (Å²) in [5.41, 5.74) is -0.727. The number of carbonyl (C=O) groups is 1. The zero-order chi connectivity index (χ0) is 9.47. The van der Waals surface area contributed by atoms with E-state index in [1.54, 1.807) is 0 Å². The van der Waals surface area contributed by atoms with Crippen LogP contribution in [0, 0.1) is 5.92 Å². The second kappa shape index (κ2) is 2.84. The molecule has 2 aliphatic rings. The largest absolute Gasteiger partial charge is 0.464 e. The van der Waals surface area contributed by atoms with E-state index in [9.17, 15) is 4.79 Å². The summed E-state index contributed by atoms with van der Waals surface area (Å²) in [7, 11) is 0. The predicted molar refractivity (Wildman–Crippen MR) is 47.2 cm³/mol. The average Bonchev–Trinajstić information content (AvgIpc) is 2.64. The maximum absolute atomic E-state index is 11.6. The molecule has 3 nitrogen and oxygen atoms in total. The number of esters is 1. The minimum Gasteiger partial charge on any atom is -0.464 e. The lowest BCUT2D eigenvalue weighted by Gasteiger charge is -2.28. The molecular weight excluding hydrogens is 168 g/mol. The lowest BCUT2D eigenvalue weighted by atomic mass is 9.91. The maximum Gasteiger partial charge on any atom is 0.338 e. The Morgan fingerprint density at radius 3 is 2.92 bits per heavy atom. The van der Waals surface area contributed by atoms with Crippen LogP contribution in [0.5, 0.6) is 0 Å². The van der Waals surface area contributed by atoms with Crippen molar-refractivity contribution in [3.05, 3.63) is 12.2 Å². The molecular formula is C10H14O3. The summed E-state index contributed by atoms with van der Waals surface area (Å²) in [5.74, 6) is -0.0246. The molecule has 2 rings (SSSR count). The molecule has 0 amide bonds. The Kier molecular flexibility index (Phi) is 1.91. The molecule has 0 aromatic heterocycles. The molecule has 0 radical (unpaired) electrons. The lowest BCUT2D eigenvalue weighted by molar-refractivity contribution is -0.170. The van der Waals surface area contributed by atoms with Crippen LogP contribution in [0.4, 0.5) is 0 Å². The second-order valence-corrected chi connectivity index (χ2v) is 3.71. The molecule has 3 atom stereocenters. The van der Waals surface area contributed by atoms with Crippen LogP contribution < -0.4 is 0 Å². The van der Waals surface area contributed by atoms with E-state index in [0.717, 1.165) is 6.42 Å². The van der Waals surface area contributed by atoms with Gasteiger partial charge in [-0.25, -0.2) is 4.79 Å². The maximum atomic E-state index is 11.6. The normalized spacial score (nSPS) is 41.1. The van der Waals surface area contributed by atoms with Gasteiger partial charge in [-0.3, -0.25) is 0 Å². The first-order chi connectivity index (χ1) is 6.16. The van der Waals surface area contributed by atoms with Gasteiger partial charge in [-0.2, -0.15) is 0 Å². The highest BCUT2D eigenvalue weighted by Crippen LogP contribution is 2.42. The van der Waals surface area contributed by atoms with Gasteiger partial charge in [-0.05, 0) is 20.3 Å². The molecule has 13 heavy (non-hydrogen) atoms. The van der Waals surface area contributed by atoms with Gasteiger partial charge >= 0.3 is 5.97 Å². The number of hydrogen-bond acceptors (Lipinski definition) is 3. The van der Waals surface area contributed by atoms with Gasteiger partial charge in [0.15, 0.2) is 5.60 Å². The Labute approximate surface area is 77.7 Å². The fourth-order valence-corrected chi connectivity index (χ4v) is 2.04. The van der Waals surface area contributed by atoms with Crippen LogP contribution in [-0.4, -0.2) is 24.3 Å². The number of carbonyl (C=O) groups excluding carboxylic acids is 1. The topological polar surface area (TPSA) is 35.5 Å². The molecule has 1 saturated heterocycles. The Hall–Kier alpha value is -0.830. The van der Waals surface area contributed by atoms with Gasteiger partial charge < -0.3 is 9.47 Å². The number of hydrogen-bond donors (Lipinski definition) is 0. The first-order valence-corrected chi connectivity index (χ1v) is 4.70. The molecule has 0 N–H and O–H groups in total. The molecule has 0 aromatic carbocycles. The average molecular weight is 182 g/mol. The van der Waals surface area contributed by atoms with Crippen molar-refractivity contribution in [3.63, 3.8) is 0 Å². The van der Waals surface area contributed by atoms with Crippen LogP contribution in [0.3, 0.4) is 0 Å². The standard InChI is InChI=1S/C10H14O3/c1-3-12-9(11)10(2)7-4-5-8(6-7)13-10/h4-5,7-8H,3,6H2,1-2H3. The molecule has 0 aromatic rings. The van der Waals surface area contributed by atoms with Crippen LogP contribution >= 0.6 is 0 Å². The third kappa shape index (κ3) is 1.18. The summed E-state index contributed by atoms with van der Waals surface area (Å²) in [6.45, 7) is 4.04. The van der Waals surface area contributed by atoms with E-state index in [4.69, 9.17) is 9.47 Å². The van der Waals surface area contributed by atoms with E-state index >= 15 is 0 Å². The third-order valence-electron chi connectivity index (χ3n) is 2.83. The van der Waals surface area contributed by atoms with E-state index in [2.05, 4.69) is 6.08 Å². The molecule has 0 saturated carbocycles. The summed E-state index contributed by atoms with van der Waals surface area (Å²) < 4.78 is 10.6. The molecule has 1 aliphatic heterocycles. The fourth-order valence-electron chi connectivity index (χ4n) is 2.04. The smallest absolute Gasteiger partial charge is 0.338 e. The van der Waals surface area contributed by atoms with Crippen LogP contribution in [0.2, 0.25) is 0 Å². The Morgan fingerprint density at radius 1 is 1.69 bits per heavy atom. The highest BCUT2D eigenvalue weighted by atomic mass is 16.6. The van der Waals surface area contributed by atoms with E-state index in [-0.39, 0.29) is 18.0 Å². The number of ether oxygens (including phenoxy) is 2. The molecule has 1 aliphatic carbocycles. The fraction of sp³-hybridized carbons (Fsp3) is 0.700. The van der Waals surface area contributed by atoms with Crippen molar-refractivity contribution in [1.29, 1.82) is 0 Å². The molecule has 72 valence electrons. The number of fused-ring (bicyclic) bond motifs is 2. The molecule has 0 spiro atoms. The van der Waals surface area contributed by atoms with Crippen molar-refractivity contribution < 1.29 is 14.3 Å². The van der Waals surface area contributed by atoms with E-state index in [1.165, 1.54) is 0 Å². The summed E-state index contributed by atoms with van der Waals surface area (Å²) in [5, 5.41) is 0. The molecule has 1 heterocycles. The Bertz CT molecular complexity index is 259. The van der Waals surface area contributed by atoms with Crippen LogP contribution in [0.1, 0.15) is 20.3 Å². The molecule has 3 heteroatoms. The van der Waals surface area contributed by atoms with Gasteiger partial charge in [0.2, 0.25) is 0 Å². The second-order valence-electron chi connectivity index (χ2n) is 3.71. The lowest BCUT2D eigenvalue weighted by Crippen LogP contribution is -2.43. The minimum atomic E-state index is -0.727. The highest BCUT2D eigenvalue weighted by molar-refractivity contribution is 5.80. The zero-order valence-corrected chi connectivity index (χ0v) is 7.95.